The van der Waals surface area contributed by atoms with E-state index in [0.29, 0.717) is 0 Å². The number of hydrogen-bond donors (Lipinski definition) is 0. The Kier molecular flexibility index (Phi) is 8.53. The first-order valence-electron chi connectivity index (χ1n) is 2.10. The third kappa shape index (κ3) is 6.77. The third-order valence-electron chi connectivity index (χ3n) is 0.586. The molecule has 8 heavy (non-hydrogen) atoms. The van der Waals surface area contributed by atoms with Crippen LogP contribution in [-0.4, -0.2) is 0 Å². The second-order valence-electron chi connectivity index (χ2n) is 1.07. The molecule has 0 radical (unpaired) electrons. The predicted octanol–water partition coefficient (Wildman–Crippen LogP) is 2.68. The van der Waals surface area contributed by atoms with Crippen LogP contribution in [0.15, 0.2) is 18.2 Å². The summed E-state index contributed by atoms with van der Waals surface area (Å²) in [7, 11) is 9.78. The van der Waals surface area contributed by atoms with Crippen molar-refractivity contribution < 1.29 is 17.0 Å². The summed E-state index contributed by atoms with van der Waals surface area (Å²) in [6.45, 7) is 0. The van der Waals surface area contributed by atoms with Crippen molar-refractivity contribution in [2.24, 2.45) is 0 Å². The van der Waals surface area contributed by atoms with Gasteiger partial charge >= 0.3 is 35.6 Å². The molecule has 0 aromatic rings. The molecule has 1 aliphatic carbocycles. The van der Waals surface area contributed by atoms with Crippen LogP contribution in [0.5, 0.6) is 0 Å². The first kappa shape index (κ1) is 8.77. The molecule has 0 aliphatic heterocycles. The number of rotatable bonds is 0. The fourth-order valence-corrected chi connectivity index (χ4v) is 0.340. The van der Waals surface area contributed by atoms with Crippen LogP contribution in [0.25, 0.3) is 0 Å². The number of halogens is 2. The number of hydrogen-bond acceptors (Lipinski definition) is 0. The molecule has 0 saturated carbocycles. The van der Waals surface area contributed by atoms with E-state index in [1.54, 1.807) is 0 Å². The summed E-state index contributed by atoms with van der Waals surface area (Å²) in [6, 6.07) is 0. The van der Waals surface area contributed by atoms with E-state index in [1.807, 2.05) is 12.2 Å². The van der Waals surface area contributed by atoms with Crippen LogP contribution in [0.1, 0.15) is 6.42 Å². The van der Waals surface area contributed by atoms with E-state index in [1.165, 1.54) is 0 Å². The van der Waals surface area contributed by atoms with E-state index in [9.17, 15) is 0 Å². The molecule has 1 rings (SSSR count). The fraction of sp³-hybridized carbons (Fsp3) is 0.200. The van der Waals surface area contributed by atoms with Crippen LogP contribution in [0.4, 0.5) is 0 Å². The Balaban J connectivity index is 0.000000145. The van der Waals surface area contributed by atoms with E-state index in [4.69, 9.17) is 18.6 Å². The molecule has 0 bridgehead atoms. The first-order valence-corrected chi connectivity index (χ1v) is 6.39. The van der Waals surface area contributed by atoms with Gasteiger partial charge in [0.1, 0.15) is 0 Å². The second-order valence-corrected chi connectivity index (χ2v) is 3.65. The van der Waals surface area contributed by atoms with E-state index in [0.717, 1.165) is 6.42 Å². The van der Waals surface area contributed by atoms with Gasteiger partial charge in [0.15, 0.2) is 0 Å². The van der Waals surface area contributed by atoms with Gasteiger partial charge in [-0.3, -0.25) is 6.08 Å². The predicted molar refractivity (Wildman–Crippen MR) is 33.3 cm³/mol. The van der Waals surface area contributed by atoms with Crippen LogP contribution in [-0.2, 0) is 17.0 Å². The third-order valence-corrected chi connectivity index (χ3v) is 0.586. The molecule has 0 nitrogen and oxygen atoms in total. The van der Waals surface area contributed by atoms with Crippen molar-refractivity contribution in [2.75, 3.05) is 0 Å². The van der Waals surface area contributed by atoms with Crippen LogP contribution in [0.2, 0.25) is 0 Å². The molecule has 0 aromatic heterocycles. The summed E-state index contributed by atoms with van der Waals surface area (Å²) in [4.78, 5) is 0. The fourth-order valence-electron chi connectivity index (χ4n) is 0.340. The van der Waals surface area contributed by atoms with E-state index in [-0.39, 0.29) is 0 Å². The molecule has 44 valence electrons. The molecule has 0 amide bonds. The second kappa shape index (κ2) is 7.77. The molecular formula is C5H5Cl2Ti-. The van der Waals surface area contributed by atoms with Gasteiger partial charge in [0.2, 0.25) is 0 Å². The maximum absolute atomic E-state index is 4.89. The summed E-state index contributed by atoms with van der Waals surface area (Å²) in [5, 5.41) is 0. The molecule has 0 atom stereocenters. The normalized spacial score (nSPS) is 12.8. The Morgan fingerprint density at radius 2 is 2.12 bits per heavy atom. The molecule has 3 heteroatoms. The molecule has 1 aliphatic rings. The average molecular weight is 184 g/mol. The zero-order valence-electron chi connectivity index (χ0n) is 4.20. The van der Waals surface area contributed by atoms with Crippen molar-refractivity contribution in [2.45, 2.75) is 6.42 Å². The standard InChI is InChI=1S/C5H5.2ClH.Ti/c1-2-4-5-3-1;;;/h1-3H,4H2;2*1H;/q-1;;;+2/p-2. The topological polar surface area (TPSA) is 0 Å². The van der Waals surface area contributed by atoms with Gasteiger partial charge in [-0.05, 0) is 0 Å². The Morgan fingerprint density at radius 3 is 2.25 bits per heavy atom. The summed E-state index contributed by atoms with van der Waals surface area (Å²) in [5.74, 6) is 0. The molecule has 0 fully saturated rings. The van der Waals surface area contributed by atoms with Gasteiger partial charge in [-0.1, -0.05) is 0 Å². The Morgan fingerprint density at radius 1 is 1.50 bits per heavy atom. The van der Waals surface area contributed by atoms with Gasteiger partial charge < -0.3 is 0 Å². The van der Waals surface area contributed by atoms with Gasteiger partial charge in [0, 0.05) is 0 Å². The van der Waals surface area contributed by atoms with E-state index in [2.05, 4.69) is 12.2 Å². The summed E-state index contributed by atoms with van der Waals surface area (Å²) >= 11 is -0.556. The first-order chi connectivity index (χ1) is 3.91. The Bertz CT molecular complexity index is 78.4. The van der Waals surface area contributed by atoms with E-state index >= 15 is 0 Å². The minimum absolute atomic E-state index is 0.556. The summed E-state index contributed by atoms with van der Waals surface area (Å²) in [6.07, 6.45) is 10.0. The summed E-state index contributed by atoms with van der Waals surface area (Å²) < 4.78 is 0. The van der Waals surface area contributed by atoms with Gasteiger partial charge in [0.05, 0.1) is 0 Å². The molecule has 0 N–H and O–H groups in total. The van der Waals surface area contributed by atoms with Crippen LogP contribution < -0.4 is 0 Å². The van der Waals surface area contributed by atoms with Gasteiger partial charge in [-0.25, -0.2) is 12.2 Å². The van der Waals surface area contributed by atoms with Crippen molar-refractivity contribution in [1.29, 1.82) is 0 Å². The SMILES string of the molecule is [C-]1=CC=CC1.[Cl][Ti][Cl]. The molecule has 0 heterocycles. The molecule has 0 unspecified atom stereocenters. The number of allylic oxidation sites excluding steroid dienone is 4. The maximum atomic E-state index is 4.89. The van der Waals surface area contributed by atoms with Crippen molar-refractivity contribution >= 4 is 18.6 Å². The molecule has 0 saturated heterocycles. The molecular weight excluding hydrogens is 179 g/mol. The van der Waals surface area contributed by atoms with Gasteiger partial charge in [0.25, 0.3) is 0 Å². The van der Waals surface area contributed by atoms with Crippen molar-refractivity contribution in [1.82, 2.24) is 0 Å². The van der Waals surface area contributed by atoms with Crippen molar-refractivity contribution in [3.63, 3.8) is 0 Å². The van der Waals surface area contributed by atoms with Crippen LogP contribution >= 0.6 is 18.6 Å². The summed E-state index contributed by atoms with van der Waals surface area (Å²) in [5.41, 5.74) is 0. The Labute approximate surface area is 66.2 Å². The van der Waals surface area contributed by atoms with Gasteiger partial charge in [-0.15, -0.1) is 6.42 Å². The Hall–Kier alpha value is 0.774. The van der Waals surface area contributed by atoms with Gasteiger partial charge in [-0.2, -0.15) is 6.08 Å². The zero-order valence-corrected chi connectivity index (χ0v) is 7.27. The van der Waals surface area contributed by atoms with Crippen LogP contribution in [0, 0.1) is 6.08 Å². The zero-order chi connectivity index (χ0) is 6.24. The van der Waals surface area contributed by atoms with E-state index < -0.39 is 17.0 Å². The minimum atomic E-state index is -0.556. The monoisotopic (exact) mass is 183 g/mol. The molecule has 0 aromatic carbocycles. The van der Waals surface area contributed by atoms with Crippen molar-refractivity contribution in [3.8, 4) is 0 Å². The molecule has 0 spiro atoms. The quantitative estimate of drug-likeness (QED) is 0.400. The average Bonchev–Trinajstić information content (AvgIpc) is 2.17. The van der Waals surface area contributed by atoms with Crippen LogP contribution in [0.3, 0.4) is 0 Å². The van der Waals surface area contributed by atoms with Crippen molar-refractivity contribution in [3.05, 3.63) is 24.3 Å².